The highest BCUT2D eigenvalue weighted by molar-refractivity contribution is 6.34. The van der Waals surface area contributed by atoms with E-state index in [-0.39, 0.29) is 30.0 Å². The Morgan fingerprint density at radius 1 is 1.11 bits per heavy atom. The number of halogens is 4. The standard InChI is InChI=1S/C25H20ClF3N6O2/c1-14-5-8-21(34-33-14)35-20-4-2-3-19(17(20)13-31-35)32-22(36)16-11-15(6-7-18(16)26)12-30-23(37)24(9-10-24)25(27,28)29/h2-8,11,13H,9-10,12H2,1H3,(H,30,37)(H,32,36). The van der Waals surface area contributed by atoms with Crippen molar-refractivity contribution in [3.8, 4) is 5.82 Å². The quantitative estimate of drug-likeness (QED) is 0.367. The first kappa shape index (κ1) is 24.7. The maximum Gasteiger partial charge on any atom is 0.403 e. The van der Waals surface area contributed by atoms with E-state index in [0.29, 0.717) is 28.0 Å². The zero-order chi connectivity index (χ0) is 26.4. The predicted octanol–water partition coefficient (Wildman–Crippen LogP) is 4.99. The number of aromatic nitrogens is 4. The van der Waals surface area contributed by atoms with E-state index in [1.165, 1.54) is 12.1 Å². The first-order chi connectivity index (χ1) is 17.6. The molecule has 37 heavy (non-hydrogen) atoms. The average Bonchev–Trinajstić information content (AvgIpc) is 3.58. The molecule has 0 saturated heterocycles. The van der Waals surface area contributed by atoms with Crippen LogP contribution in [0.4, 0.5) is 18.9 Å². The molecule has 0 unspecified atom stereocenters. The molecule has 1 fully saturated rings. The maximum atomic E-state index is 13.2. The number of nitrogens with zero attached hydrogens (tertiary/aromatic N) is 4. The van der Waals surface area contributed by atoms with Crippen LogP contribution in [0.5, 0.6) is 0 Å². The third kappa shape index (κ3) is 4.62. The summed E-state index contributed by atoms with van der Waals surface area (Å²) >= 11 is 6.25. The number of hydrogen-bond donors (Lipinski definition) is 2. The van der Waals surface area contributed by atoms with Crippen molar-refractivity contribution in [2.24, 2.45) is 5.41 Å². The van der Waals surface area contributed by atoms with Crippen LogP contribution in [-0.2, 0) is 11.3 Å². The Hall–Kier alpha value is -3.99. The number of anilines is 1. The lowest BCUT2D eigenvalue weighted by Gasteiger charge is -2.18. The van der Waals surface area contributed by atoms with Gasteiger partial charge in [-0.3, -0.25) is 9.59 Å². The molecule has 8 nitrogen and oxygen atoms in total. The summed E-state index contributed by atoms with van der Waals surface area (Å²) in [6, 6.07) is 13.3. The minimum Gasteiger partial charge on any atom is -0.351 e. The summed E-state index contributed by atoms with van der Waals surface area (Å²) in [6.07, 6.45) is -3.46. The number of aryl methyl sites for hydroxylation is 1. The predicted molar refractivity (Wildman–Crippen MR) is 130 cm³/mol. The highest BCUT2D eigenvalue weighted by atomic mass is 35.5. The van der Waals surface area contributed by atoms with E-state index in [0.717, 1.165) is 5.69 Å². The molecule has 2 heterocycles. The van der Waals surface area contributed by atoms with Crippen LogP contribution in [0.25, 0.3) is 16.7 Å². The minimum absolute atomic E-state index is 0.110. The molecule has 0 atom stereocenters. The molecular formula is C25H20ClF3N6O2. The normalized spacial score (nSPS) is 14.4. The van der Waals surface area contributed by atoms with Gasteiger partial charge in [-0.25, -0.2) is 4.68 Å². The van der Waals surface area contributed by atoms with Gasteiger partial charge in [0.2, 0.25) is 5.91 Å². The number of amides is 2. The second-order valence-corrected chi connectivity index (χ2v) is 9.27. The molecule has 0 radical (unpaired) electrons. The molecule has 0 spiro atoms. The summed E-state index contributed by atoms with van der Waals surface area (Å²) in [6.45, 7) is 1.65. The van der Waals surface area contributed by atoms with Crippen LogP contribution in [0.3, 0.4) is 0 Å². The van der Waals surface area contributed by atoms with Gasteiger partial charge >= 0.3 is 6.18 Å². The second-order valence-electron chi connectivity index (χ2n) is 8.86. The molecule has 5 rings (SSSR count). The summed E-state index contributed by atoms with van der Waals surface area (Å²) in [5, 5.41) is 18.5. The molecule has 2 N–H and O–H groups in total. The van der Waals surface area contributed by atoms with Gasteiger partial charge in [0.05, 0.1) is 33.7 Å². The first-order valence-electron chi connectivity index (χ1n) is 11.3. The van der Waals surface area contributed by atoms with Crippen molar-refractivity contribution >= 4 is 40.0 Å². The number of benzene rings is 2. The lowest BCUT2D eigenvalue weighted by Crippen LogP contribution is -2.40. The van der Waals surface area contributed by atoms with Crippen molar-refractivity contribution in [1.29, 1.82) is 0 Å². The van der Waals surface area contributed by atoms with E-state index in [1.54, 1.807) is 35.1 Å². The SMILES string of the molecule is Cc1ccc(-n2ncc3c(NC(=O)c4cc(CNC(=O)C5(C(F)(F)F)CC5)ccc4Cl)cccc32)nn1. The van der Waals surface area contributed by atoms with Crippen LogP contribution in [-0.4, -0.2) is 38.0 Å². The number of hydrogen-bond acceptors (Lipinski definition) is 5. The third-order valence-corrected chi connectivity index (χ3v) is 6.65. The van der Waals surface area contributed by atoms with Crippen LogP contribution in [0, 0.1) is 12.3 Å². The molecule has 2 amide bonds. The Labute approximate surface area is 213 Å². The second kappa shape index (κ2) is 9.15. The number of nitrogens with one attached hydrogen (secondary N) is 2. The topological polar surface area (TPSA) is 102 Å². The maximum absolute atomic E-state index is 13.2. The molecule has 1 aliphatic carbocycles. The largest absolute Gasteiger partial charge is 0.403 e. The van der Waals surface area contributed by atoms with Gasteiger partial charge < -0.3 is 10.6 Å². The van der Waals surface area contributed by atoms with Gasteiger partial charge in [-0.05, 0) is 61.7 Å². The molecule has 4 aromatic rings. The van der Waals surface area contributed by atoms with E-state index in [9.17, 15) is 22.8 Å². The Morgan fingerprint density at radius 2 is 1.89 bits per heavy atom. The van der Waals surface area contributed by atoms with Crippen molar-refractivity contribution in [2.45, 2.75) is 32.5 Å². The van der Waals surface area contributed by atoms with E-state index in [4.69, 9.17) is 11.6 Å². The number of fused-ring (bicyclic) bond motifs is 1. The van der Waals surface area contributed by atoms with Crippen molar-refractivity contribution in [1.82, 2.24) is 25.3 Å². The zero-order valence-corrected chi connectivity index (χ0v) is 20.2. The zero-order valence-electron chi connectivity index (χ0n) is 19.4. The summed E-state index contributed by atoms with van der Waals surface area (Å²) in [7, 11) is 0. The Kier molecular flexibility index (Phi) is 6.10. The van der Waals surface area contributed by atoms with Crippen molar-refractivity contribution in [3.63, 3.8) is 0 Å². The molecule has 190 valence electrons. The molecule has 2 aromatic carbocycles. The van der Waals surface area contributed by atoms with E-state index in [1.807, 2.05) is 19.1 Å². The van der Waals surface area contributed by atoms with Crippen LogP contribution in [0.1, 0.15) is 34.5 Å². The van der Waals surface area contributed by atoms with Gasteiger partial charge in [0.1, 0.15) is 5.41 Å². The lowest BCUT2D eigenvalue weighted by atomic mass is 10.1. The monoisotopic (exact) mass is 528 g/mol. The summed E-state index contributed by atoms with van der Waals surface area (Å²) in [4.78, 5) is 25.3. The van der Waals surface area contributed by atoms with Gasteiger partial charge in [-0.2, -0.15) is 23.4 Å². The molecule has 1 aliphatic rings. The molecule has 1 saturated carbocycles. The lowest BCUT2D eigenvalue weighted by molar-refractivity contribution is -0.192. The molecule has 12 heteroatoms. The fraction of sp³-hybridized carbons (Fsp3) is 0.240. The third-order valence-electron chi connectivity index (χ3n) is 6.32. The van der Waals surface area contributed by atoms with Gasteiger partial charge in [-0.15, -0.1) is 5.10 Å². The van der Waals surface area contributed by atoms with Crippen molar-refractivity contribution < 1.29 is 22.8 Å². The Balaban J connectivity index is 1.34. The molecule has 2 aromatic heterocycles. The van der Waals surface area contributed by atoms with Gasteiger partial charge in [0, 0.05) is 11.9 Å². The van der Waals surface area contributed by atoms with Crippen LogP contribution >= 0.6 is 11.6 Å². The molecule has 0 aliphatic heterocycles. The fourth-order valence-electron chi connectivity index (χ4n) is 4.01. The fourth-order valence-corrected chi connectivity index (χ4v) is 4.21. The smallest absolute Gasteiger partial charge is 0.351 e. The Bertz CT molecular complexity index is 1510. The van der Waals surface area contributed by atoms with E-state index >= 15 is 0 Å². The summed E-state index contributed by atoms with van der Waals surface area (Å²) in [5.41, 5.74) is 0.164. The number of carbonyl (C=O) groups excluding carboxylic acids is 2. The number of carbonyl (C=O) groups is 2. The molecule has 0 bridgehead atoms. The summed E-state index contributed by atoms with van der Waals surface area (Å²) < 4.78 is 41.1. The van der Waals surface area contributed by atoms with E-state index in [2.05, 4.69) is 25.9 Å². The minimum atomic E-state index is -4.59. The summed E-state index contributed by atoms with van der Waals surface area (Å²) in [5.74, 6) is -1.08. The highest BCUT2D eigenvalue weighted by Crippen LogP contribution is 2.57. The Morgan fingerprint density at radius 3 is 2.57 bits per heavy atom. The van der Waals surface area contributed by atoms with Crippen molar-refractivity contribution in [3.05, 3.63) is 76.6 Å². The van der Waals surface area contributed by atoms with Gasteiger partial charge in [0.15, 0.2) is 5.82 Å². The van der Waals surface area contributed by atoms with Crippen molar-refractivity contribution in [2.75, 3.05) is 5.32 Å². The average molecular weight is 529 g/mol. The number of alkyl halides is 3. The molecular weight excluding hydrogens is 509 g/mol. The van der Waals surface area contributed by atoms with Gasteiger partial charge in [-0.1, -0.05) is 23.7 Å². The van der Waals surface area contributed by atoms with Crippen LogP contribution in [0.15, 0.2) is 54.7 Å². The van der Waals surface area contributed by atoms with Crippen LogP contribution < -0.4 is 10.6 Å². The first-order valence-corrected chi connectivity index (χ1v) is 11.7. The number of rotatable bonds is 6. The van der Waals surface area contributed by atoms with Gasteiger partial charge in [0.25, 0.3) is 5.91 Å². The van der Waals surface area contributed by atoms with E-state index < -0.39 is 23.4 Å². The van der Waals surface area contributed by atoms with Crippen LogP contribution in [0.2, 0.25) is 5.02 Å². The highest BCUT2D eigenvalue weighted by Gasteiger charge is 2.68.